The molecule has 0 saturated heterocycles. The quantitative estimate of drug-likeness (QED) is 0.685. The van der Waals surface area contributed by atoms with E-state index in [4.69, 9.17) is 0 Å². The lowest BCUT2D eigenvalue weighted by Crippen LogP contribution is -2.36. The zero-order valence-electron chi connectivity index (χ0n) is 14.2. The Hall–Kier alpha value is -2.82. The fraction of sp³-hybridized carbons (Fsp3) is 0.263. The van der Waals surface area contributed by atoms with Gasteiger partial charge in [-0.15, -0.1) is 0 Å². The standard InChI is InChI=1S/C19H22N4O/c1-12-13(2)22-18-8-7-15(10-16(12)18)11-21-19(24)23-14(3)17-6-4-5-9-20-17/h4-10,14,22H,11H2,1-3H3,(H2,21,23,24)/t14-/m1/s1. The van der Waals surface area contributed by atoms with E-state index in [2.05, 4.69) is 46.6 Å². The van der Waals surface area contributed by atoms with E-state index in [1.807, 2.05) is 31.2 Å². The predicted octanol–water partition coefficient (Wildman–Crippen LogP) is 3.74. The van der Waals surface area contributed by atoms with E-state index < -0.39 is 0 Å². The second kappa shape index (κ2) is 6.74. The molecule has 24 heavy (non-hydrogen) atoms. The Morgan fingerprint density at radius 3 is 2.83 bits per heavy atom. The molecule has 124 valence electrons. The molecule has 2 aromatic heterocycles. The molecule has 3 rings (SSSR count). The molecule has 0 bridgehead atoms. The van der Waals surface area contributed by atoms with Gasteiger partial charge < -0.3 is 15.6 Å². The van der Waals surface area contributed by atoms with E-state index in [9.17, 15) is 4.79 Å². The molecule has 1 aromatic carbocycles. The third-order valence-corrected chi connectivity index (χ3v) is 4.30. The second-order valence-corrected chi connectivity index (χ2v) is 6.06. The second-order valence-electron chi connectivity index (χ2n) is 6.06. The van der Waals surface area contributed by atoms with Crippen LogP contribution in [0.5, 0.6) is 0 Å². The van der Waals surface area contributed by atoms with E-state index in [0.29, 0.717) is 6.54 Å². The molecule has 0 aliphatic rings. The van der Waals surface area contributed by atoms with Crippen LogP contribution in [0.1, 0.15) is 35.5 Å². The van der Waals surface area contributed by atoms with Gasteiger partial charge in [-0.2, -0.15) is 0 Å². The Balaban J connectivity index is 1.61. The third kappa shape index (κ3) is 3.40. The summed E-state index contributed by atoms with van der Waals surface area (Å²) in [5, 5.41) is 7.01. The number of fused-ring (bicyclic) bond motifs is 1. The molecule has 5 heteroatoms. The fourth-order valence-corrected chi connectivity index (χ4v) is 2.75. The lowest BCUT2D eigenvalue weighted by molar-refractivity contribution is 0.237. The summed E-state index contributed by atoms with van der Waals surface area (Å²) in [7, 11) is 0. The molecule has 2 heterocycles. The molecule has 0 saturated carbocycles. The Morgan fingerprint density at radius 1 is 1.25 bits per heavy atom. The highest BCUT2D eigenvalue weighted by atomic mass is 16.2. The van der Waals surface area contributed by atoms with Crippen molar-refractivity contribution in [2.24, 2.45) is 0 Å². The van der Waals surface area contributed by atoms with Crippen LogP contribution in [0.4, 0.5) is 4.79 Å². The van der Waals surface area contributed by atoms with E-state index in [1.54, 1.807) is 6.20 Å². The molecule has 0 spiro atoms. The number of hydrogen-bond donors (Lipinski definition) is 3. The van der Waals surface area contributed by atoms with Gasteiger partial charge in [-0.25, -0.2) is 4.79 Å². The van der Waals surface area contributed by atoms with Crippen molar-refractivity contribution < 1.29 is 4.79 Å². The van der Waals surface area contributed by atoms with Crippen LogP contribution in [-0.2, 0) is 6.54 Å². The van der Waals surface area contributed by atoms with Crippen LogP contribution >= 0.6 is 0 Å². The van der Waals surface area contributed by atoms with Crippen molar-refractivity contribution in [3.8, 4) is 0 Å². The van der Waals surface area contributed by atoms with Gasteiger partial charge in [-0.1, -0.05) is 12.1 Å². The average molecular weight is 322 g/mol. The molecule has 0 radical (unpaired) electrons. The number of rotatable bonds is 4. The summed E-state index contributed by atoms with van der Waals surface area (Å²) in [4.78, 5) is 19.7. The Kier molecular flexibility index (Phi) is 4.51. The number of aromatic amines is 1. The first kappa shape index (κ1) is 16.1. The molecule has 0 unspecified atom stereocenters. The molecule has 0 aliphatic carbocycles. The molecule has 2 amide bonds. The largest absolute Gasteiger partial charge is 0.358 e. The van der Waals surface area contributed by atoms with Gasteiger partial charge in [0.1, 0.15) is 0 Å². The molecule has 0 aliphatic heterocycles. The number of pyridine rings is 1. The number of nitrogens with one attached hydrogen (secondary N) is 3. The van der Waals surface area contributed by atoms with E-state index in [-0.39, 0.29) is 12.1 Å². The predicted molar refractivity (Wildman–Crippen MR) is 95.8 cm³/mol. The van der Waals surface area contributed by atoms with Crippen LogP contribution in [-0.4, -0.2) is 16.0 Å². The molecular formula is C19H22N4O. The van der Waals surface area contributed by atoms with Crippen molar-refractivity contribution >= 4 is 16.9 Å². The van der Waals surface area contributed by atoms with Gasteiger partial charge in [0.05, 0.1) is 11.7 Å². The summed E-state index contributed by atoms with van der Waals surface area (Å²) >= 11 is 0. The number of urea groups is 1. The summed E-state index contributed by atoms with van der Waals surface area (Å²) < 4.78 is 0. The highest BCUT2D eigenvalue weighted by molar-refractivity contribution is 5.85. The van der Waals surface area contributed by atoms with Gasteiger partial charge in [-0.05, 0) is 56.2 Å². The SMILES string of the molecule is Cc1[nH]c2ccc(CNC(=O)N[C@H](C)c3ccccn3)cc2c1C. The summed E-state index contributed by atoms with van der Waals surface area (Å²) in [6.45, 7) is 6.58. The van der Waals surface area contributed by atoms with Crippen LogP contribution in [0.2, 0.25) is 0 Å². The number of amides is 2. The van der Waals surface area contributed by atoms with Crippen molar-refractivity contribution in [2.45, 2.75) is 33.4 Å². The van der Waals surface area contributed by atoms with E-state index in [1.165, 1.54) is 16.6 Å². The molecule has 5 nitrogen and oxygen atoms in total. The highest BCUT2D eigenvalue weighted by Gasteiger charge is 2.10. The zero-order valence-corrected chi connectivity index (χ0v) is 14.2. The summed E-state index contributed by atoms with van der Waals surface area (Å²) in [6.07, 6.45) is 1.72. The van der Waals surface area contributed by atoms with Gasteiger partial charge >= 0.3 is 6.03 Å². The maximum absolute atomic E-state index is 12.1. The number of carbonyl (C=O) groups excluding carboxylic acids is 1. The van der Waals surface area contributed by atoms with Crippen LogP contribution in [0.15, 0.2) is 42.6 Å². The molecule has 0 fully saturated rings. The third-order valence-electron chi connectivity index (χ3n) is 4.30. The normalized spacial score (nSPS) is 12.1. The van der Waals surface area contributed by atoms with Gasteiger partial charge in [0.2, 0.25) is 0 Å². The first-order valence-electron chi connectivity index (χ1n) is 8.07. The Labute approximate surface area is 141 Å². The first-order valence-corrected chi connectivity index (χ1v) is 8.07. The molecule has 3 N–H and O–H groups in total. The van der Waals surface area contributed by atoms with Crippen LogP contribution in [0.3, 0.4) is 0 Å². The number of H-pyrrole nitrogens is 1. The van der Waals surface area contributed by atoms with Gasteiger partial charge in [0, 0.05) is 29.3 Å². The monoisotopic (exact) mass is 322 g/mol. The van der Waals surface area contributed by atoms with Crippen molar-refractivity contribution in [3.63, 3.8) is 0 Å². The van der Waals surface area contributed by atoms with Gasteiger partial charge in [0.25, 0.3) is 0 Å². The number of aryl methyl sites for hydroxylation is 2. The lowest BCUT2D eigenvalue weighted by Gasteiger charge is -2.14. The number of hydrogen-bond acceptors (Lipinski definition) is 2. The maximum Gasteiger partial charge on any atom is 0.315 e. The Bertz CT molecular complexity index is 854. The maximum atomic E-state index is 12.1. The minimum Gasteiger partial charge on any atom is -0.358 e. The first-order chi connectivity index (χ1) is 11.5. The lowest BCUT2D eigenvalue weighted by atomic mass is 10.1. The minimum absolute atomic E-state index is 0.136. The smallest absolute Gasteiger partial charge is 0.315 e. The summed E-state index contributed by atoms with van der Waals surface area (Å²) in [6, 6.07) is 11.5. The number of nitrogens with zero attached hydrogens (tertiary/aromatic N) is 1. The molecule has 3 aromatic rings. The topological polar surface area (TPSA) is 69.8 Å². The van der Waals surface area contributed by atoms with Gasteiger partial charge in [-0.3, -0.25) is 4.98 Å². The van der Waals surface area contributed by atoms with Crippen molar-refractivity contribution in [3.05, 3.63) is 65.1 Å². The number of carbonyl (C=O) groups is 1. The zero-order chi connectivity index (χ0) is 17.1. The fourth-order valence-electron chi connectivity index (χ4n) is 2.75. The average Bonchev–Trinajstić information content (AvgIpc) is 2.88. The van der Waals surface area contributed by atoms with Crippen LogP contribution < -0.4 is 10.6 Å². The molecule has 1 atom stereocenters. The Morgan fingerprint density at radius 2 is 2.08 bits per heavy atom. The minimum atomic E-state index is -0.199. The van der Waals surface area contributed by atoms with Crippen LogP contribution in [0.25, 0.3) is 10.9 Å². The summed E-state index contributed by atoms with van der Waals surface area (Å²) in [5.74, 6) is 0. The van der Waals surface area contributed by atoms with E-state index in [0.717, 1.165) is 16.8 Å². The highest BCUT2D eigenvalue weighted by Crippen LogP contribution is 2.22. The van der Waals surface area contributed by atoms with Crippen molar-refractivity contribution in [2.75, 3.05) is 0 Å². The molecular weight excluding hydrogens is 300 g/mol. The summed E-state index contributed by atoms with van der Waals surface area (Å²) in [5.41, 5.74) is 5.47. The van der Waals surface area contributed by atoms with Gasteiger partial charge in [0.15, 0.2) is 0 Å². The van der Waals surface area contributed by atoms with Crippen LogP contribution in [0, 0.1) is 13.8 Å². The number of aromatic nitrogens is 2. The van der Waals surface area contributed by atoms with E-state index >= 15 is 0 Å². The van der Waals surface area contributed by atoms with Crippen molar-refractivity contribution in [1.82, 2.24) is 20.6 Å². The number of benzene rings is 1. The van der Waals surface area contributed by atoms with Crippen molar-refractivity contribution in [1.29, 1.82) is 0 Å².